The second-order valence-corrected chi connectivity index (χ2v) is 6.65. The number of methoxy groups -OCH3 is 1. The number of nitrogens with zero attached hydrogens (tertiary/aromatic N) is 4. The van der Waals surface area contributed by atoms with E-state index in [-0.39, 0.29) is 35.9 Å². The maximum absolute atomic E-state index is 12.4. The summed E-state index contributed by atoms with van der Waals surface area (Å²) in [5, 5.41) is 28.5. The van der Waals surface area contributed by atoms with Gasteiger partial charge in [-0.2, -0.15) is 4.68 Å². The molecule has 0 bridgehead atoms. The normalized spacial score (nSPS) is 10.4. The first-order valence-corrected chi connectivity index (χ1v) is 9.36. The van der Waals surface area contributed by atoms with Gasteiger partial charge in [-0.3, -0.25) is 14.9 Å². The quantitative estimate of drug-likeness (QED) is 0.388. The summed E-state index contributed by atoms with van der Waals surface area (Å²) < 4.78 is 12.3. The van der Waals surface area contributed by atoms with Crippen LogP contribution in [-0.2, 0) is 11.3 Å². The predicted octanol–water partition coefficient (Wildman–Crippen LogP) is 3.84. The van der Waals surface area contributed by atoms with Crippen molar-refractivity contribution in [2.24, 2.45) is 0 Å². The third-order valence-electron chi connectivity index (χ3n) is 4.39. The highest BCUT2D eigenvalue weighted by atomic mass is 16.6. The van der Waals surface area contributed by atoms with E-state index >= 15 is 0 Å². The third kappa shape index (κ3) is 5.36. The smallest absolute Gasteiger partial charge is 0.390 e. The largest absolute Gasteiger partial charge is 0.493 e. The summed E-state index contributed by atoms with van der Waals surface area (Å²) in [7, 11) is 1.47. The van der Waals surface area contributed by atoms with Crippen molar-refractivity contribution in [3.05, 3.63) is 74.5 Å². The van der Waals surface area contributed by atoms with Crippen molar-refractivity contribution in [1.82, 2.24) is 9.78 Å². The molecule has 12 nitrogen and oxygen atoms in total. The van der Waals surface area contributed by atoms with Crippen LogP contribution in [0.2, 0.25) is 0 Å². The van der Waals surface area contributed by atoms with Gasteiger partial charge < -0.3 is 24.9 Å². The van der Waals surface area contributed by atoms with Crippen LogP contribution < -0.4 is 14.8 Å². The summed E-state index contributed by atoms with van der Waals surface area (Å²) in [5.41, 5.74) is 0.427. The van der Waals surface area contributed by atoms with Gasteiger partial charge in [-0.15, -0.1) is 0 Å². The fraction of sp³-hybridized carbons (Fsp3) is 0.200. The van der Waals surface area contributed by atoms with Crippen LogP contribution in [0, 0.1) is 27.2 Å². The zero-order valence-electron chi connectivity index (χ0n) is 17.2. The number of aromatic nitrogens is 2. The minimum absolute atomic E-state index is 0.0505. The highest BCUT2D eigenvalue weighted by Crippen LogP contribution is 2.34. The number of nitro groups is 2. The number of anilines is 1. The Balaban J connectivity index is 1.74. The van der Waals surface area contributed by atoms with Gasteiger partial charge in [0.2, 0.25) is 5.91 Å². The highest BCUT2D eigenvalue weighted by Gasteiger charge is 2.17. The molecule has 0 atom stereocenters. The van der Waals surface area contributed by atoms with E-state index in [2.05, 4.69) is 10.4 Å². The Kier molecular flexibility index (Phi) is 6.63. The van der Waals surface area contributed by atoms with Crippen LogP contribution in [-0.4, -0.2) is 32.6 Å². The van der Waals surface area contributed by atoms with Crippen molar-refractivity contribution in [2.45, 2.75) is 19.9 Å². The standard InChI is InChI=1S/C20H19N5O7/c1-13-9-19(25(29)30)22-23(13)8-7-20(26)21-14-10-15(24(27)28)12-16(11-14)32-18-6-4-3-5-17(18)31-2/h3-6,9-12H,7-8H2,1-2H3,(H,21,26). The number of nitro benzene ring substituents is 1. The van der Waals surface area contributed by atoms with Crippen molar-refractivity contribution in [1.29, 1.82) is 0 Å². The van der Waals surface area contributed by atoms with Crippen LogP contribution in [0.1, 0.15) is 12.1 Å². The Morgan fingerprint density at radius 1 is 1.09 bits per heavy atom. The molecule has 1 heterocycles. The first kappa shape index (κ1) is 22.2. The monoisotopic (exact) mass is 441 g/mol. The molecule has 2 aromatic carbocycles. The number of carbonyl (C=O) groups excluding carboxylic acids is 1. The maximum Gasteiger partial charge on any atom is 0.390 e. The van der Waals surface area contributed by atoms with Gasteiger partial charge in [0, 0.05) is 18.6 Å². The molecule has 3 aromatic rings. The molecule has 0 saturated heterocycles. The predicted molar refractivity (Wildman–Crippen MR) is 113 cm³/mol. The molecule has 3 rings (SSSR count). The van der Waals surface area contributed by atoms with E-state index in [1.807, 2.05) is 0 Å². The van der Waals surface area contributed by atoms with Gasteiger partial charge in [0.05, 0.1) is 47.2 Å². The number of ether oxygens (including phenoxy) is 2. The van der Waals surface area contributed by atoms with Crippen LogP contribution >= 0.6 is 0 Å². The molecule has 0 aliphatic rings. The number of carbonyl (C=O) groups is 1. The van der Waals surface area contributed by atoms with E-state index in [4.69, 9.17) is 9.47 Å². The summed E-state index contributed by atoms with van der Waals surface area (Å²) in [4.78, 5) is 33.3. The number of amides is 1. The van der Waals surface area contributed by atoms with Gasteiger partial charge in [0.1, 0.15) is 5.75 Å². The number of benzene rings is 2. The maximum atomic E-state index is 12.4. The third-order valence-corrected chi connectivity index (χ3v) is 4.39. The van der Waals surface area contributed by atoms with Crippen LogP contribution in [0.3, 0.4) is 0 Å². The first-order chi connectivity index (χ1) is 15.3. The van der Waals surface area contributed by atoms with E-state index < -0.39 is 15.8 Å². The molecule has 0 saturated carbocycles. The molecule has 1 aromatic heterocycles. The number of non-ortho nitro benzene ring substituents is 1. The first-order valence-electron chi connectivity index (χ1n) is 9.36. The lowest BCUT2D eigenvalue weighted by Crippen LogP contribution is -2.15. The molecule has 0 aliphatic heterocycles. The molecule has 0 radical (unpaired) electrons. The van der Waals surface area contributed by atoms with Gasteiger partial charge in [0.25, 0.3) is 5.69 Å². The van der Waals surface area contributed by atoms with Crippen LogP contribution in [0.25, 0.3) is 0 Å². The Hall–Kier alpha value is -4.48. The minimum Gasteiger partial charge on any atom is -0.493 e. The second-order valence-electron chi connectivity index (χ2n) is 6.65. The molecule has 166 valence electrons. The molecular formula is C20H19N5O7. The zero-order valence-corrected chi connectivity index (χ0v) is 17.2. The number of nitrogens with one attached hydrogen (secondary N) is 1. The SMILES string of the molecule is COc1ccccc1Oc1cc(NC(=O)CCn2nc([N+](=O)[O-])cc2C)cc([N+](=O)[O-])c1. The number of aryl methyl sites for hydroxylation is 2. The molecule has 32 heavy (non-hydrogen) atoms. The fourth-order valence-corrected chi connectivity index (χ4v) is 2.89. The molecule has 0 fully saturated rings. The van der Waals surface area contributed by atoms with Gasteiger partial charge in [-0.05, 0) is 24.0 Å². The number of hydrogen-bond acceptors (Lipinski definition) is 8. The number of para-hydroxylation sites is 2. The zero-order chi connectivity index (χ0) is 23.3. The van der Waals surface area contributed by atoms with Crippen LogP contribution in [0.5, 0.6) is 17.2 Å². The minimum atomic E-state index is -0.615. The van der Waals surface area contributed by atoms with Crippen molar-refractivity contribution >= 4 is 23.1 Å². The van der Waals surface area contributed by atoms with Gasteiger partial charge in [-0.1, -0.05) is 12.1 Å². The fourth-order valence-electron chi connectivity index (χ4n) is 2.89. The van der Waals surface area contributed by atoms with E-state index in [0.29, 0.717) is 17.2 Å². The molecule has 0 unspecified atom stereocenters. The van der Waals surface area contributed by atoms with Crippen molar-refractivity contribution in [2.75, 3.05) is 12.4 Å². The number of rotatable bonds is 9. The molecular weight excluding hydrogens is 422 g/mol. The molecule has 0 spiro atoms. The summed E-state index contributed by atoms with van der Waals surface area (Å²) in [5.74, 6) is 0.167. The van der Waals surface area contributed by atoms with Gasteiger partial charge in [0.15, 0.2) is 11.5 Å². The van der Waals surface area contributed by atoms with Crippen LogP contribution in [0.4, 0.5) is 17.2 Å². The average molecular weight is 441 g/mol. The highest BCUT2D eigenvalue weighted by molar-refractivity contribution is 5.91. The lowest BCUT2D eigenvalue weighted by molar-refractivity contribution is -0.389. The summed E-state index contributed by atoms with van der Waals surface area (Å²) >= 11 is 0. The molecule has 12 heteroatoms. The molecule has 1 amide bonds. The van der Waals surface area contributed by atoms with Gasteiger partial charge in [-0.25, -0.2) is 0 Å². The van der Waals surface area contributed by atoms with E-state index in [1.54, 1.807) is 31.2 Å². The molecule has 0 aliphatic carbocycles. The summed E-state index contributed by atoms with van der Waals surface area (Å²) in [6.07, 6.45) is -0.0505. The second kappa shape index (κ2) is 9.55. The topological polar surface area (TPSA) is 152 Å². The lowest BCUT2D eigenvalue weighted by atomic mass is 10.2. The Bertz CT molecular complexity index is 1170. The van der Waals surface area contributed by atoms with Crippen molar-refractivity contribution < 1.29 is 24.1 Å². The van der Waals surface area contributed by atoms with Gasteiger partial charge >= 0.3 is 5.82 Å². The van der Waals surface area contributed by atoms with E-state index in [0.717, 1.165) is 0 Å². The summed E-state index contributed by atoms with van der Waals surface area (Å²) in [6.45, 7) is 1.74. The Morgan fingerprint density at radius 2 is 1.81 bits per heavy atom. The van der Waals surface area contributed by atoms with E-state index in [9.17, 15) is 25.0 Å². The van der Waals surface area contributed by atoms with Crippen LogP contribution in [0.15, 0.2) is 48.5 Å². The Labute approximate surface area is 181 Å². The summed E-state index contributed by atoms with van der Waals surface area (Å²) in [6, 6.07) is 12.0. The number of hydrogen-bond donors (Lipinski definition) is 1. The Morgan fingerprint density at radius 3 is 2.44 bits per heavy atom. The lowest BCUT2D eigenvalue weighted by Gasteiger charge is -2.11. The van der Waals surface area contributed by atoms with Crippen molar-refractivity contribution in [3.63, 3.8) is 0 Å². The molecule has 1 N–H and O–H groups in total. The van der Waals surface area contributed by atoms with E-state index in [1.165, 1.54) is 36.1 Å². The average Bonchev–Trinajstić information content (AvgIpc) is 3.13. The van der Waals surface area contributed by atoms with Crippen molar-refractivity contribution in [3.8, 4) is 17.2 Å².